The Balaban J connectivity index is 0.000000279. The molecule has 0 saturated heterocycles. The van der Waals surface area contributed by atoms with Crippen LogP contribution in [0.15, 0.2) is 142 Å². The van der Waals surface area contributed by atoms with Gasteiger partial charge in [0.2, 0.25) is 0 Å². The number of para-hydroxylation sites is 3. The van der Waals surface area contributed by atoms with E-state index in [-0.39, 0.29) is 42.8 Å². The third kappa shape index (κ3) is 8.35. The van der Waals surface area contributed by atoms with E-state index in [0.717, 1.165) is 55.7 Å². The molecule has 0 saturated carbocycles. The molecule has 0 fully saturated rings. The number of aromatic nitrogens is 4. The van der Waals surface area contributed by atoms with Gasteiger partial charge in [-0.1, -0.05) is 142 Å². The van der Waals surface area contributed by atoms with Crippen molar-refractivity contribution >= 4 is 44.1 Å². The summed E-state index contributed by atoms with van der Waals surface area (Å²) < 4.78 is 15.5. The van der Waals surface area contributed by atoms with Gasteiger partial charge < -0.3 is 18.4 Å². The van der Waals surface area contributed by atoms with Crippen LogP contribution in [0, 0.1) is 12.1 Å². The van der Waals surface area contributed by atoms with Crippen molar-refractivity contribution in [3.8, 4) is 39.5 Å². The maximum Gasteiger partial charge on any atom is 0.188 e. The van der Waals surface area contributed by atoms with Crippen molar-refractivity contribution in [3.63, 3.8) is 0 Å². The molecule has 0 aliphatic carbocycles. The largest absolute Gasteiger partial charge is 0.500 e. The molecule has 4 heterocycles. The van der Waals surface area contributed by atoms with Crippen molar-refractivity contribution < 1.29 is 28.9 Å². The van der Waals surface area contributed by atoms with Crippen molar-refractivity contribution in [2.45, 2.75) is 91.9 Å². The van der Waals surface area contributed by atoms with Crippen molar-refractivity contribution in [3.05, 3.63) is 168 Å². The van der Waals surface area contributed by atoms with E-state index in [9.17, 15) is 0 Å². The van der Waals surface area contributed by atoms with Crippen LogP contribution in [0.1, 0.15) is 104 Å². The summed E-state index contributed by atoms with van der Waals surface area (Å²) in [6, 6.07) is 50.9. The number of nitrogens with zero attached hydrogens (tertiary/aromatic N) is 4. The van der Waals surface area contributed by atoms with Crippen molar-refractivity contribution in [2.75, 3.05) is 0 Å². The van der Waals surface area contributed by atoms with Crippen LogP contribution in [-0.2, 0) is 30.9 Å². The summed E-state index contributed by atoms with van der Waals surface area (Å²) in [6.07, 6.45) is 1.87. The monoisotopic (exact) mass is 1020 g/mol. The Kier molecular flexibility index (Phi) is 12.1. The summed E-state index contributed by atoms with van der Waals surface area (Å²) in [6.45, 7) is 22.1. The van der Waals surface area contributed by atoms with E-state index in [0.29, 0.717) is 22.6 Å². The zero-order chi connectivity index (χ0) is 44.2. The van der Waals surface area contributed by atoms with Gasteiger partial charge in [-0.05, 0) is 92.5 Å². The van der Waals surface area contributed by atoms with Crippen LogP contribution in [0.5, 0.6) is 0 Å². The summed E-state index contributed by atoms with van der Waals surface area (Å²) in [5.74, 6) is 1.95. The smallest absolute Gasteiger partial charge is 0.188 e. The number of benzene rings is 6. The Morgan fingerprint density at radius 3 is 1.98 bits per heavy atom. The zero-order valence-corrected chi connectivity index (χ0v) is 40.7. The minimum absolute atomic E-state index is 0. The van der Waals surface area contributed by atoms with Gasteiger partial charge in [0.15, 0.2) is 5.89 Å². The fourth-order valence-electron chi connectivity index (χ4n) is 8.31. The first kappa shape index (κ1) is 44.5. The van der Waals surface area contributed by atoms with E-state index in [2.05, 4.69) is 170 Å². The number of rotatable bonds is 6. The van der Waals surface area contributed by atoms with E-state index in [1.807, 2.05) is 54.7 Å². The van der Waals surface area contributed by atoms with Gasteiger partial charge in [-0.3, -0.25) is 4.98 Å². The van der Waals surface area contributed by atoms with Crippen LogP contribution in [0.2, 0.25) is 0 Å². The molecule has 0 unspecified atom stereocenters. The second-order valence-corrected chi connectivity index (χ2v) is 19.1. The van der Waals surface area contributed by atoms with Crippen molar-refractivity contribution in [1.29, 1.82) is 0 Å². The summed E-state index contributed by atoms with van der Waals surface area (Å²) in [4.78, 5) is 14.7. The van der Waals surface area contributed by atoms with E-state index < -0.39 is 0 Å². The van der Waals surface area contributed by atoms with Gasteiger partial charge in [0, 0.05) is 48.3 Å². The number of furan rings is 1. The molecule has 6 aromatic carbocycles. The first-order chi connectivity index (χ1) is 30.2. The molecule has 4 aromatic heterocycles. The molecule has 0 amide bonds. The molecule has 0 spiro atoms. The summed E-state index contributed by atoms with van der Waals surface area (Å²) in [5, 5.41) is 1.89. The van der Waals surface area contributed by atoms with Crippen LogP contribution in [-0.4, -0.2) is 19.5 Å². The second kappa shape index (κ2) is 17.4. The van der Waals surface area contributed by atoms with Crippen LogP contribution < -0.4 is 0 Å². The van der Waals surface area contributed by atoms with Gasteiger partial charge in [0.05, 0.1) is 28.0 Å². The van der Waals surface area contributed by atoms with Gasteiger partial charge in [-0.25, -0.2) is 4.98 Å². The van der Waals surface area contributed by atoms with Crippen molar-refractivity contribution in [2.24, 2.45) is 0 Å². The van der Waals surface area contributed by atoms with E-state index >= 15 is 0 Å². The minimum atomic E-state index is -0.273. The number of pyridine rings is 1. The molecule has 6 nitrogen and oxygen atoms in total. The fraction of sp³-hybridized carbons (Fsp3) is 0.246. The third-order valence-electron chi connectivity index (χ3n) is 11.7. The second-order valence-electron chi connectivity index (χ2n) is 19.1. The Labute approximate surface area is 390 Å². The molecule has 1 radical (unpaired) electrons. The maximum atomic E-state index is 6.69. The molecule has 0 aliphatic heterocycles. The summed E-state index contributed by atoms with van der Waals surface area (Å²) in [7, 11) is 0. The van der Waals surface area contributed by atoms with E-state index in [1.165, 1.54) is 27.8 Å². The first-order valence-corrected chi connectivity index (χ1v) is 22.0. The molecular formula is C57H54IrN4O2-2. The number of oxazole rings is 1. The van der Waals surface area contributed by atoms with Gasteiger partial charge >= 0.3 is 0 Å². The molecule has 0 atom stereocenters. The third-order valence-corrected chi connectivity index (χ3v) is 11.7. The Morgan fingerprint density at radius 1 is 0.641 bits per heavy atom. The molecule has 7 heteroatoms. The normalized spacial score (nSPS) is 12.1. The van der Waals surface area contributed by atoms with Gasteiger partial charge in [0.25, 0.3) is 0 Å². The van der Waals surface area contributed by atoms with Crippen LogP contribution >= 0.6 is 0 Å². The van der Waals surface area contributed by atoms with E-state index in [1.54, 1.807) is 0 Å². The zero-order valence-electron chi connectivity index (χ0n) is 38.3. The molecule has 0 aliphatic rings. The average Bonchev–Trinajstić information content (AvgIpc) is 4.00. The summed E-state index contributed by atoms with van der Waals surface area (Å²) in [5.41, 5.74) is 14.9. The number of imidazole rings is 1. The Bertz CT molecular complexity index is 3220. The van der Waals surface area contributed by atoms with Crippen LogP contribution in [0.4, 0.5) is 0 Å². The van der Waals surface area contributed by atoms with Crippen LogP contribution in [0.25, 0.3) is 83.5 Å². The predicted molar refractivity (Wildman–Crippen MR) is 260 cm³/mol. The Morgan fingerprint density at radius 2 is 1.31 bits per heavy atom. The predicted octanol–water partition coefficient (Wildman–Crippen LogP) is 15.6. The molecule has 0 N–H and O–H groups in total. The molecule has 10 rings (SSSR count). The fourth-order valence-corrected chi connectivity index (χ4v) is 8.31. The van der Waals surface area contributed by atoms with E-state index in [4.69, 9.17) is 18.8 Å². The summed E-state index contributed by atoms with van der Waals surface area (Å²) >= 11 is 0. The van der Waals surface area contributed by atoms with Gasteiger partial charge in [-0.15, -0.1) is 42.0 Å². The maximum absolute atomic E-state index is 6.69. The standard InChI is InChI=1S/C42H38N3O2.C15H16N.Ir/c1-24(2)29-21-27(26-15-9-8-10-16-26)22-30(25(3)4)37(29)45-34-19-13-12-18-32(34)43-40(45)31-23-33-39(47-41(44-33)42(5,6)7)36-28-17-11-14-20-35(28)46-38(31)36;1-15(2,3)13-9-10-16-14(11-13)12-7-5-4-6-8-12;/h8-22,24-25H,1-7H3;4-7,9-11H,1-3H3;/q2*-1;. The quantitative estimate of drug-likeness (QED) is 0.155. The van der Waals surface area contributed by atoms with Crippen molar-refractivity contribution in [1.82, 2.24) is 19.5 Å². The topological polar surface area (TPSA) is 69.9 Å². The minimum Gasteiger partial charge on any atom is -0.500 e. The number of fused-ring (bicyclic) bond motifs is 6. The molecule has 64 heavy (non-hydrogen) atoms. The molecular weight excluding hydrogens is 965 g/mol. The SMILES string of the molecule is CC(C)(C)c1ccnc(-c2[c-]cccc2)c1.CC(C)c1cc(-c2ccccc2)cc(C(C)C)c1-n1c(-c2[c-]c3nc(C(C)(C)C)oc3c3c2oc2ccccc23)nc2ccccc21.[Ir]. The molecule has 10 aromatic rings. The van der Waals surface area contributed by atoms with Gasteiger partial charge in [-0.2, -0.15) is 0 Å². The molecule has 0 bridgehead atoms. The van der Waals surface area contributed by atoms with Gasteiger partial charge in [0.1, 0.15) is 5.58 Å². The first-order valence-electron chi connectivity index (χ1n) is 22.0. The van der Waals surface area contributed by atoms with Crippen LogP contribution in [0.3, 0.4) is 0 Å². The Hall–Kier alpha value is -6.14. The number of hydrogen-bond acceptors (Lipinski definition) is 5. The molecule has 325 valence electrons. The number of hydrogen-bond donors (Lipinski definition) is 0. The average molecular weight is 1020 g/mol.